The molecular weight excluding hydrogens is 188 g/mol. The van der Waals surface area contributed by atoms with Gasteiger partial charge >= 0.3 is 6.03 Å². The van der Waals surface area contributed by atoms with Crippen LogP contribution in [0.1, 0.15) is 52.4 Å². The van der Waals surface area contributed by atoms with Gasteiger partial charge in [-0.05, 0) is 31.1 Å². The third-order valence-electron chi connectivity index (χ3n) is 3.60. The predicted octanol–water partition coefficient (Wildman–Crippen LogP) is 2.67. The Morgan fingerprint density at radius 1 is 1.33 bits per heavy atom. The van der Waals surface area contributed by atoms with Crippen molar-refractivity contribution in [1.29, 1.82) is 0 Å². The van der Waals surface area contributed by atoms with Crippen LogP contribution in [0, 0.1) is 5.41 Å². The maximum absolute atomic E-state index is 11.3. The quantitative estimate of drug-likeness (QED) is 0.739. The molecule has 1 heterocycles. The standard InChI is InChI=1S/C12H24N2O/c1-3-5-7-12(4-2)8-6-9-13-11(15)14-10-12/h3-10H2,1-2H3,(H2,13,14,15). The molecule has 0 aromatic carbocycles. The van der Waals surface area contributed by atoms with Crippen LogP contribution in [0.25, 0.3) is 0 Å². The van der Waals surface area contributed by atoms with Gasteiger partial charge < -0.3 is 10.6 Å². The Kier molecular flexibility index (Phi) is 4.92. The summed E-state index contributed by atoms with van der Waals surface area (Å²) in [5, 5.41) is 5.84. The second-order valence-corrected chi connectivity index (χ2v) is 4.67. The average molecular weight is 212 g/mol. The molecule has 1 atom stereocenters. The van der Waals surface area contributed by atoms with Crippen LogP contribution < -0.4 is 10.6 Å². The highest BCUT2D eigenvalue weighted by Crippen LogP contribution is 2.33. The minimum atomic E-state index is 0.00373. The summed E-state index contributed by atoms with van der Waals surface area (Å²) in [5.74, 6) is 0. The minimum absolute atomic E-state index is 0.00373. The van der Waals surface area contributed by atoms with Crippen LogP contribution in [0.15, 0.2) is 0 Å². The Balaban J connectivity index is 2.54. The van der Waals surface area contributed by atoms with E-state index >= 15 is 0 Å². The van der Waals surface area contributed by atoms with Gasteiger partial charge in [0.15, 0.2) is 0 Å². The highest BCUT2D eigenvalue weighted by molar-refractivity contribution is 5.73. The SMILES string of the molecule is CCCCC1(CC)CCCNC(=O)NC1. The highest BCUT2D eigenvalue weighted by Gasteiger charge is 2.28. The topological polar surface area (TPSA) is 41.1 Å². The van der Waals surface area contributed by atoms with Crippen LogP contribution in [0.3, 0.4) is 0 Å². The Hall–Kier alpha value is -0.730. The summed E-state index contributed by atoms with van der Waals surface area (Å²) in [6, 6.07) is 0.00373. The number of urea groups is 1. The fourth-order valence-corrected chi connectivity index (χ4v) is 2.33. The van der Waals surface area contributed by atoms with E-state index in [1.807, 2.05) is 0 Å². The molecule has 3 nitrogen and oxygen atoms in total. The molecule has 1 rings (SSSR count). The van der Waals surface area contributed by atoms with Gasteiger partial charge in [0.2, 0.25) is 0 Å². The second kappa shape index (κ2) is 5.99. The lowest BCUT2D eigenvalue weighted by Crippen LogP contribution is -2.45. The molecule has 0 spiro atoms. The third kappa shape index (κ3) is 3.73. The van der Waals surface area contributed by atoms with Gasteiger partial charge in [-0.2, -0.15) is 0 Å². The predicted molar refractivity (Wildman–Crippen MR) is 62.9 cm³/mol. The summed E-state index contributed by atoms with van der Waals surface area (Å²) in [4.78, 5) is 11.3. The lowest BCUT2D eigenvalue weighted by atomic mass is 9.76. The molecule has 1 saturated heterocycles. The van der Waals surface area contributed by atoms with E-state index in [0.717, 1.165) is 19.5 Å². The van der Waals surface area contributed by atoms with E-state index in [1.54, 1.807) is 0 Å². The summed E-state index contributed by atoms with van der Waals surface area (Å²) in [6.07, 6.45) is 7.29. The van der Waals surface area contributed by atoms with Gasteiger partial charge in [0, 0.05) is 13.1 Å². The van der Waals surface area contributed by atoms with Crippen LogP contribution in [-0.4, -0.2) is 19.1 Å². The van der Waals surface area contributed by atoms with Crippen molar-refractivity contribution in [2.24, 2.45) is 5.41 Å². The number of carbonyl (C=O) groups excluding carboxylic acids is 1. The lowest BCUT2D eigenvalue weighted by Gasteiger charge is -2.35. The molecule has 15 heavy (non-hydrogen) atoms. The first kappa shape index (κ1) is 12.3. The molecule has 88 valence electrons. The fraction of sp³-hybridized carbons (Fsp3) is 0.917. The number of amides is 2. The average Bonchev–Trinajstić information content (AvgIpc) is 2.24. The lowest BCUT2D eigenvalue weighted by molar-refractivity contribution is 0.188. The highest BCUT2D eigenvalue weighted by atomic mass is 16.2. The van der Waals surface area contributed by atoms with Crippen molar-refractivity contribution in [2.75, 3.05) is 13.1 Å². The van der Waals surface area contributed by atoms with E-state index in [0.29, 0.717) is 5.41 Å². The van der Waals surface area contributed by atoms with E-state index < -0.39 is 0 Å². The zero-order valence-corrected chi connectivity index (χ0v) is 10.1. The van der Waals surface area contributed by atoms with Crippen LogP contribution in [0.5, 0.6) is 0 Å². The first-order valence-corrected chi connectivity index (χ1v) is 6.24. The molecule has 3 heteroatoms. The molecule has 0 bridgehead atoms. The number of unbranched alkanes of at least 4 members (excludes halogenated alkanes) is 1. The molecule has 0 aromatic rings. The molecular formula is C12H24N2O. The van der Waals surface area contributed by atoms with E-state index in [4.69, 9.17) is 0 Å². The van der Waals surface area contributed by atoms with Crippen LogP contribution in [0.2, 0.25) is 0 Å². The smallest absolute Gasteiger partial charge is 0.314 e. The number of hydrogen-bond donors (Lipinski definition) is 2. The largest absolute Gasteiger partial charge is 0.338 e. The first-order chi connectivity index (χ1) is 7.22. The normalized spacial score (nSPS) is 27.5. The Bertz CT molecular complexity index is 202. The molecule has 0 aliphatic carbocycles. The summed E-state index contributed by atoms with van der Waals surface area (Å²) in [5.41, 5.74) is 0.355. The molecule has 0 aromatic heterocycles. The van der Waals surface area contributed by atoms with Crippen molar-refractivity contribution in [1.82, 2.24) is 10.6 Å². The van der Waals surface area contributed by atoms with E-state index in [-0.39, 0.29) is 6.03 Å². The number of nitrogens with one attached hydrogen (secondary N) is 2. The van der Waals surface area contributed by atoms with Crippen molar-refractivity contribution in [3.63, 3.8) is 0 Å². The molecule has 1 unspecified atom stereocenters. The minimum Gasteiger partial charge on any atom is -0.338 e. The third-order valence-corrected chi connectivity index (χ3v) is 3.60. The van der Waals surface area contributed by atoms with E-state index in [1.165, 1.54) is 32.1 Å². The number of carbonyl (C=O) groups is 1. The molecule has 1 aliphatic heterocycles. The summed E-state index contributed by atoms with van der Waals surface area (Å²) in [6.45, 7) is 6.14. The van der Waals surface area contributed by atoms with Gasteiger partial charge in [-0.1, -0.05) is 26.7 Å². The van der Waals surface area contributed by atoms with Crippen molar-refractivity contribution in [2.45, 2.75) is 52.4 Å². The fourth-order valence-electron chi connectivity index (χ4n) is 2.33. The van der Waals surface area contributed by atoms with Gasteiger partial charge in [-0.25, -0.2) is 4.79 Å². The molecule has 2 N–H and O–H groups in total. The summed E-state index contributed by atoms with van der Waals surface area (Å²) in [7, 11) is 0. The van der Waals surface area contributed by atoms with Crippen LogP contribution in [-0.2, 0) is 0 Å². The van der Waals surface area contributed by atoms with Crippen LogP contribution >= 0.6 is 0 Å². The van der Waals surface area contributed by atoms with Gasteiger partial charge in [0.05, 0.1) is 0 Å². The number of hydrogen-bond acceptors (Lipinski definition) is 1. The zero-order chi connectivity index (χ0) is 11.1. The van der Waals surface area contributed by atoms with Crippen molar-refractivity contribution in [3.8, 4) is 0 Å². The van der Waals surface area contributed by atoms with Gasteiger partial charge in [-0.15, -0.1) is 0 Å². The van der Waals surface area contributed by atoms with Gasteiger partial charge in [0.25, 0.3) is 0 Å². The molecule has 1 fully saturated rings. The summed E-state index contributed by atoms with van der Waals surface area (Å²) >= 11 is 0. The molecule has 2 amide bonds. The number of rotatable bonds is 4. The molecule has 1 aliphatic rings. The van der Waals surface area contributed by atoms with Gasteiger partial charge in [-0.3, -0.25) is 0 Å². The second-order valence-electron chi connectivity index (χ2n) is 4.67. The molecule has 0 radical (unpaired) electrons. The van der Waals surface area contributed by atoms with Crippen molar-refractivity contribution in [3.05, 3.63) is 0 Å². The van der Waals surface area contributed by atoms with E-state index in [9.17, 15) is 4.79 Å². The molecule has 0 saturated carbocycles. The van der Waals surface area contributed by atoms with Crippen molar-refractivity contribution < 1.29 is 4.79 Å². The Morgan fingerprint density at radius 3 is 2.80 bits per heavy atom. The zero-order valence-electron chi connectivity index (χ0n) is 10.1. The summed E-state index contributed by atoms with van der Waals surface area (Å²) < 4.78 is 0. The van der Waals surface area contributed by atoms with E-state index in [2.05, 4.69) is 24.5 Å². The van der Waals surface area contributed by atoms with Crippen molar-refractivity contribution >= 4 is 6.03 Å². The maximum Gasteiger partial charge on any atom is 0.314 e. The van der Waals surface area contributed by atoms with Crippen LogP contribution in [0.4, 0.5) is 4.79 Å². The Morgan fingerprint density at radius 2 is 2.13 bits per heavy atom. The van der Waals surface area contributed by atoms with Gasteiger partial charge in [0.1, 0.15) is 0 Å². The Labute approximate surface area is 93.0 Å². The maximum atomic E-state index is 11.3. The first-order valence-electron chi connectivity index (χ1n) is 6.24. The monoisotopic (exact) mass is 212 g/mol.